The average Bonchev–Trinajstić information content (AvgIpc) is 3.15. The molecule has 0 unspecified atom stereocenters. The number of ether oxygens (including phenoxy) is 1. The van der Waals surface area contributed by atoms with Crippen LogP contribution >= 0.6 is 0 Å². The molecule has 0 N–H and O–H groups in total. The van der Waals surface area contributed by atoms with Crippen LogP contribution in [0, 0.1) is 11.6 Å². The molecule has 0 spiro atoms. The van der Waals surface area contributed by atoms with Gasteiger partial charge in [-0.1, -0.05) is 30.3 Å². The third-order valence-electron chi connectivity index (χ3n) is 4.69. The minimum atomic E-state index is -0.526. The Bertz CT molecular complexity index is 1150. The van der Waals surface area contributed by atoms with Gasteiger partial charge in [-0.2, -0.15) is 0 Å². The fourth-order valence-electron chi connectivity index (χ4n) is 3.34. The van der Waals surface area contributed by atoms with Crippen molar-refractivity contribution < 1.29 is 18.3 Å². The lowest BCUT2D eigenvalue weighted by Gasteiger charge is -2.13. The number of nitrogens with zero attached hydrogens (tertiary/aromatic N) is 1. The van der Waals surface area contributed by atoms with Crippen LogP contribution in [0.15, 0.2) is 84.9 Å². The molecule has 4 aromatic rings. The van der Waals surface area contributed by atoms with Crippen molar-refractivity contribution in [2.75, 3.05) is 7.11 Å². The SMILES string of the molecule is COC(=O)c1c(-c2ccc(F)cc2)cc(-c2ccc(F)cc2)n1-c1ccccc1. The number of carbonyl (C=O) groups excluding carboxylic acids is 1. The van der Waals surface area contributed by atoms with Gasteiger partial charge in [-0.3, -0.25) is 0 Å². The third-order valence-corrected chi connectivity index (χ3v) is 4.69. The minimum absolute atomic E-state index is 0.310. The Morgan fingerprint density at radius 1 is 0.793 bits per heavy atom. The topological polar surface area (TPSA) is 31.2 Å². The van der Waals surface area contributed by atoms with E-state index in [0.717, 1.165) is 11.3 Å². The number of carbonyl (C=O) groups is 1. The van der Waals surface area contributed by atoms with Crippen molar-refractivity contribution in [2.24, 2.45) is 0 Å². The maximum Gasteiger partial charge on any atom is 0.355 e. The Morgan fingerprint density at radius 3 is 1.90 bits per heavy atom. The molecule has 29 heavy (non-hydrogen) atoms. The van der Waals surface area contributed by atoms with Crippen molar-refractivity contribution in [3.63, 3.8) is 0 Å². The molecule has 3 nitrogen and oxygen atoms in total. The highest BCUT2D eigenvalue weighted by Crippen LogP contribution is 2.36. The fraction of sp³-hybridized carbons (Fsp3) is 0.0417. The zero-order valence-electron chi connectivity index (χ0n) is 15.6. The third kappa shape index (κ3) is 3.55. The van der Waals surface area contributed by atoms with Crippen molar-refractivity contribution in [1.29, 1.82) is 0 Å². The maximum atomic E-state index is 13.5. The van der Waals surface area contributed by atoms with Crippen molar-refractivity contribution in [1.82, 2.24) is 4.57 Å². The summed E-state index contributed by atoms with van der Waals surface area (Å²) in [5.74, 6) is -1.24. The van der Waals surface area contributed by atoms with E-state index in [2.05, 4.69) is 0 Å². The molecular weight excluding hydrogens is 372 g/mol. The predicted molar refractivity (Wildman–Crippen MR) is 108 cm³/mol. The van der Waals surface area contributed by atoms with Gasteiger partial charge in [0.2, 0.25) is 0 Å². The number of para-hydroxylation sites is 1. The van der Waals surface area contributed by atoms with Gasteiger partial charge in [0.05, 0.1) is 12.8 Å². The number of benzene rings is 3. The second-order valence-corrected chi connectivity index (χ2v) is 6.47. The second kappa shape index (κ2) is 7.72. The lowest BCUT2D eigenvalue weighted by atomic mass is 10.0. The van der Waals surface area contributed by atoms with Gasteiger partial charge in [0, 0.05) is 11.3 Å². The van der Waals surface area contributed by atoms with Gasteiger partial charge in [0.15, 0.2) is 0 Å². The summed E-state index contributed by atoms with van der Waals surface area (Å²) in [6.07, 6.45) is 0. The molecule has 0 saturated heterocycles. The highest BCUT2D eigenvalue weighted by Gasteiger charge is 2.24. The number of methoxy groups -OCH3 is 1. The molecule has 3 aromatic carbocycles. The number of hydrogen-bond donors (Lipinski definition) is 0. The summed E-state index contributed by atoms with van der Waals surface area (Å²) in [5.41, 5.74) is 3.75. The van der Waals surface area contributed by atoms with E-state index < -0.39 is 5.97 Å². The quantitative estimate of drug-likeness (QED) is 0.408. The van der Waals surface area contributed by atoms with E-state index in [1.165, 1.54) is 31.4 Å². The number of aromatic nitrogens is 1. The predicted octanol–water partition coefficient (Wildman–Crippen LogP) is 5.88. The van der Waals surface area contributed by atoms with E-state index in [-0.39, 0.29) is 11.6 Å². The summed E-state index contributed by atoms with van der Waals surface area (Å²) in [7, 11) is 1.32. The van der Waals surface area contributed by atoms with Crippen LogP contribution in [0.2, 0.25) is 0 Å². The van der Waals surface area contributed by atoms with Gasteiger partial charge in [0.25, 0.3) is 0 Å². The van der Waals surface area contributed by atoms with Crippen LogP contribution in [0.3, 0.4) is 0 Å². The van der Waals surface area contributed by atoms with Crippen LogP contribution in [-0.4, -0.2) is 17.6 Å². The van der Waals surface area contributed by atoms with Crippen LogP contribution in [-0.2, 0) is 4.74 Å². The van der Waals surface area contributed by atoms with Crippen LogP contribution < -0.4 is 0 Å². The van der Waals surface area contributed by atoms with E-state index in [1.807, 2.05) is 36.4 Å². The highest BCUT2D eigenvalue weighted by atomic mass is 19.1. The number of hydrogen-bond acceptors (Lipinski definition) is 2. The first-order valence-electron chi connectivity index (χ1n) is 9.00. The molecule has 1 heterocycles. The lowest BCUT2D eigenvalue weighted by molar-refractivity contribution is 0.0593. The zero-order chi connectivity index (χ0) is 20.4. The Hall–Kier alpha value is -3.73. The first kappa shape index (κ1) is 18.6. The zero-order valence-corrected chi connectivity index (χ0v) is 15.6. The smallest absolute Gasteiger partial charge is 0.355 e. The molecule has 0 radical (unpaired) electrons. The van der Waals surface area contributed by atoms with E-state index >= 15 is 0 Å². The van der Waals surface area contributed by atoms with Gasteiger partial charge in [-0.25, -0.2) is 13.6 Å². The lowest BCUT2D eigenvalue weighted by Crippen LogP contribution is -2.11. The molecule has 5 heteroatoms. The molecule has 0 bridgehead atoms. The molecule has 4 rings (SSSR count). The minimum Gasteiger partial charge on any atom is -0.464 e. The summed E-state index contributed by atoms with van der Waals surface area (Å²) >= 11 is 0. The van der Waals surface area contributed by atoms with E-state index in [1.54, 1.807) is 28.8 Å². The number of rotatable bonds is 4. The summed E-state index contributed by atoms with van der Waals surface area (Å²) in [6, 6.07) is 23.1. The molecule has 0 amide bonds. The monoisotopic (exact) mass is 389 g/mol. The summed E-state index contributed by atoms with van der Waals surface area (Å²) in [4.78, 5) is 12.8. The maximum absolute atomic E-state index is 13.5. The van der Waals surface area contributed by atoms with E-state index in [4.69, 9.17) is 4.74 Å². The number of halogens is 2. The van der Waals surface area contributed by atoms with Crippen molar-refractivity contribution in [2.45, 2.75) is 0 Å². The highest BCUT2D eigenvalue weighted by molar-refractivity contribution is 5.99. The molecular formula is C24H17F2NO2. The largest absolute Gasteiger partial charge is 0.464 e. The van der Waals surface area contributed by atoms with Gasteiger partial charge >= 0.3 is 5.97 Å². The van der Waals surface area contributed by atoms with Crippen LogP contribution in [0.5, 0.6) is 0 Å². The molecule has 0 aliphatic rings. The Labute approximate surface area is 166 Å². The van der Waals surface area contributed by atoms with Crippen molar-refractivity contribution in [3.05, 3.63) is 102 Å². The molecule has 0 aliphatic heterocycles. The molecule has 0 aliphatic carbocycles. The van der Waals surface area contributed by atoms with Gasteiger partial charge in [0.1, 0.15) is 17.3 Å². The molecule has 0 fully saturated rings. The second-order valence-electron chi connectivity index (χ2n) is 6.47. The van der Waals surface area contributed by atoms with Gasteiger partial charge in [-0.15, -0.1) is 0 Å². The first-order chi connectivity index (χ1) is 14.1. The fourth-order valence-corrected chi connectivity index (χ4v) is 3.34. The van der Waals surface area contributed by atoms with Crippen LogP contribution in [0.25, 0.3) is 28.1 Å². The van der Waals surface area contributed by atoms with Gasteiger partial charge < -0.3 is 9.30 Å². The van der Waals surface area contributed by atoms with Gasteiger partial charge in [-0.05, 0) is 65.7 Å². The number of esters is 1. The van der Waals surface area contributed by atoms with Crippen molar-refractivity contribution in [3.8, 4) is 28.1 Å². The Balaban J connectivity index is 2.05. The van der Waals surface area contributed by atoms with Crippen LogP contribution in [0.1, 0.15) is 10.5 Å². The normalized spacial score (nSPS) is 10.7. The molecule has 0 atom stereocenters. The Morgan fingerprint density at radius 2 is 1.34 bits per heavy atom. The summed E-state index contributed by atoms with van der Waals surface area (Å²) < 4.78 is 33.8. The van der Waals surface area contributed by atoms with Crippen LogP contribution in [0.4, 0.5) is 8.78 Å². The van der Waals surface area contributed by atoms with E-state index in [0.29, 0.717) is 22.5 Å². The molecule has 144 valence electrons. The molecule has 0 saturated carbocycles. The summed E-state index contributed by atoms with van der Waals surface area (Å²) in [5, 5.41) is 0. The molecule has 1 aromatic heterocycles. The Kier molecular flexibility index (Phi) is 4.96. The standard InChI is InChI=1S/C24H17F2NO2/c1-29-24(28)23-21(16-7-11-18(25)12-8-16)15-22(17-9-13-19(26)14-10-17)27(23)20-5-3-2-4-6-20/h2-15H,1H3. The first-order valence-corrected chi connectivity index (χ1v) is 9.00. The van der Waals surface area contributed by atoms with E-state index in [9.17, 15) is 13.6 Å². The summed E-state index contributed by atoms with van der Waals surface area (Å²) in [6.45, 7) is 0. The van der Waals surface area contributed by atoms with Crippen molar-refractivity contribution >= 4 is 5.97 Å². The average molecular weight is 389 g/mol.